The molecule has 21 heavy (non-hydrogen) atoms. The van der Waals surface area contributed by atoms with Crippen LogP contribution < -0.4 is 5.32 Å². The summed E-state index contributed by atoms with van der Waals surface area (Å²) in [7, 11) is 0. The molecule has 0 aliphatic heterocycles. The maximum atomic E-state index is 12.1. The predicted molar refractivity (Wildman–Crippen MR) is 83.1 cm³/mol. The van der Waals surface area contributed by atoms with Crippen LogP contribution in [0, 0.1) is 6.92 Å². The van der Waals surface area contributed by atoms with E-state index in [0.717, 1.165) is 11.1 Å². The summed E-state index contributed by atoms with van der Waals surface area (Å²) >= 11 is 7.24. The predicted octanol–water partition coefficient (Wildman–Crippen LogP) is 3.14. The van der Waals surface area contributed by atoms with E-state index in [4.69, 9.17) is 11.6 Å². The molecule has 6 heteroatoms. The van der Waals surface area contributed by atoms with Gasteiger partial charge in [0.25, 0.3) is 5.91 Å². The monoisotopic (exact) mass is 323 g/mol. The number of carbonyl (C=O) groups is 2. The van der Waals surface area contributed by atoms with Crippen molar-refractivity contribution in [2.45, 2.75) is 19.4 Å². The topological polar surface area (TPSA) is 66.4 Å². The van der Waals surface area contributed by atoms with Gasteiger partial charge in [-0.1, -0.05) is 41.9 Å². The van der Waals surface area contributed by atoms with Crippen LogP contribution >= 0.6 is 22.9 Å². The summed E-state index contributed by atoms with van der Waals surface area (Å²) in [5.74, 6) is -1.53. The van der Waals surface area contributed by atoms with Crippen molar-refractivity contribution in [2.24, 2.45) is 0 Å². The maximum absolute atomic E-state index is 12.1. The fourth-order valence-electron chi connectivity index (χ4n) is 1.86. The van der Waals surface area contributed by atoms with Gasteiger partial charge in [-0.3, -0.25) is 4.79 Å². The average molecular weight is 324 g/mol. The van der Waals surface area contributed by atoms with E-state index in [1.54, 1.807) is 12.3 Å². The Morgan fingerprint density at radius 2 is 2.00 bits per heavy atom. The van der Waals surface area contributed by atoms with E-state index >= 15 is 0 Å². The minimum absolute atomic E-state index is 0.226. The Labute approximate surface area is 131 Å². The Morgan fingerprint density at radius 1 is 1.33 bits per heavy atom. The van der Waals surface area contributed by atoms with Crippen LogP contribution in [0.15, 0.2) is 35.7 Å². The van der Waals surface area contributed by atoms with Crippen LogP contribution in [0.1, 0.15) is 20.8 Å². The fraction of sp³-hybridized carbons (Fsp3) is 0.200. The minimum atomic E-state index is -1.07. The highest BCUT2D eigenvalue weighted by molar-refractivity contribution is 7.13. The molecule has 1 unspecified atom stereocenters. The highest BCUT2D eigenvalue weighted by Crippen LogP contribution is 2.27. The molecule has 0 spiro atoms. The smallest absolute Gasteiger partial charge is 0.326 e. The second-order valence-corrected chi connectivity index (χ2v) is 5.87. The Morgan fingerprint density at radius 3 is 2.52 bits per heavy atom. The van der Waals surface area contributed by atoms with Crippen molar-refractivity contribution in [3.8, 4) is 0 Å². The summed E-state index contributed by atoms with van der Waals surface area (Å²) < 4.78 is 0. The summed E-state index contributed by atoms with van der Waals surface area (Å²) in [6.45, 7) is 1.80. The van der Waals surface area contributed by atoms with Gasteiger partial charge >= 0.3 is 5.97 Å². The van der Waals surface area contributed by atoms with Crippen molar-refractivity contribution in [2.75, 3.05) is 0 Å². The lowest BCUT2D eigenvalue weighted by molar-refractivity contribution is -0.139. The van der Waals surface area contributed by atoms with E-state index in [1.165, 1.54) is 11.3 Å². The number of aliphatic carboxylic acids is 1. The van der Waals surface area contributed by atoms with E-state index in [2.05, 4.69) is 5.32 Å². The zero-order chi connectivity index (χ0) is 15.4. The molecule has 0 aliphatic rings. The van der Waals surface area contributed by atoms with E-state index in [-0.39, 0.29) is 6.42 Å². The zero-order valence-electron chi connectivity index (χ0n) is 11.3. The van der Waals surface area contributed by atoms with Gasteiger partial charge in [0.1, 0.15) is 10.9 Å². The molecule has 0 fully saturated rings. The van der Waals surface area contributed by atoms with Crippen LogP contribution in [0.4, 0.5) is 0 Å². The number of carbonyl (C=O) groups excluding carboxylic acids is 1. The molecular formula is C15H14ClNO3S. The maximum Gasteiger partial charge on any atom is 0.326 e. The highest BCUT2D eigenvalue weighted by Gasteiger charge is 2.23. The fourth-order valence-corrected chi connectivity index (χ4v) is 3.04. The molecule has 1 atom stereocenters. The van der Waals surface area contributed by atoms with Crippen molar-refractivity contribution >= 4 is 34.8 Å². The molecular weight excluding hydrogens is 310 g/mol. The van der Waals surface area contributed by atoms with Crippen LogP contribution in [0.2, 0.25) is 5.02 Å². The van der Waals surface area contributed by atoms with Crippen LogP contribution in [-0.4, -0.2) is 23.0 Å². The van der Waals surface area contributed by atoms with Crippen molar-refractivity contribution < 1.29 is 14.7 Å². The first-order chi connectivity index (χ1) is 9.99. The number of benzene rings is 1. The number of amides is 1. The lowest BCUT2D eigenvalue weighted by atomic mass is 10.1. The van der Waals surface area contributed by atoms with E-state index in [0.29, 0.717) is 9.90 Å². The van der Waals surface area contributed by atoms with Gasteiger partial charge in [0.05, 0.1) is 5.02 Å². The highest BCUT2D eigenvalue weighted by atomic mass is 35.5. The van der Waals surface area contributed by atoms with Crippen molar-refractivity contribution in [3.05, 3.63) is 56.7 Å². The summed E-state index contributed by atoms with van der Waals surface area (Å²) in [4.78, 5) is 23.8. The lowest BCUT2D eigenvalue weighted by Crippen LogP contribution is -2.42. The second-order valence-electron chi connectivity index (χ2n) is 4.62. The van der Waals surface area contributed by atoms with Gasteiger partial charge in [-0.05, 0) is 23.4 Å². The summed E-state index contributed by atoms with van der Waals surface area (Å²) in [5, 5.41) is 13.9. The van der Waals surface area contributed by atoms with Crippen molar-refractivity contribution in [1.29, 1.82) is 0 Å². The molecule has 2 aromatic rings. The van der Waals surface area contributed by atoms with E-state index in [1.807, 2.05) is 30.3 Å². The van der Waals surface area contributed by atoms with Crippen LogP contribution in [0.3, 0.4) is 0 Å². The molecule has 2 rings (SSSR count). The third kappa shape index (κ3) is 3.83. The summed E-state index contributed by atoms with van der Waals surface area (Å²) in [6.07, 6.45) is 0.226. The largest absolute Gasteiger partial charge is 0.480 e. The number of rotatable bonds is 5. The van der Waals surface area contributed by atoms with Gasteiger partial charge in [-0.2, -0.15) is 0 Å². The molecule has 0 bridgehead atoms. The number of nitrogens with one attached hydrogen (secondary N) is 1. The minimum Gasteiger partial charge on any atom is -0.480 e. The van der Waals surface area contributed by atoms with Crippen LogP contribution in [-0.2, 0) is 11.2 Å². The number of aryl methyl sites for hydroxylation is 1. The lowest BCUT2D eigenvalue weighted by Gasteiger charge is -2.14. The first-order valence-corrected chi connectivity index (χ1v) is 7.56. The molecule has 1 aromatic heterocycles. The number of hydrogen-bond donors (Lipinski definition) is 2. The number of carboxylic acid groups (broad SMARTS) is 1. The second kappa shape index (κ2) is 6.74. The molecule has 2 N–H and O–H groups in total. The average Bonchev–Trinajstić information content (AvgIpc) is 2.79. The molecule has 0 radical (unpaired) electrons. The van der Waals surface area contributed by atoms with Gasteiger partial charge < -0.3 is 10.4 Å². The van der Waals surface area contributed by atoms with Crippen molar-refractivity contribution in [3.63, 3.8) is 0 Å². The van der Waals surface area contributed by atoms with Crippen LogP contribution in [0.5, 0.6) is 0 Å². The zero-order valence-corrected chi connectivity index (χ0v) is 12.9. The number of thiophene rings is 1. The molecule has 1 heterocycles. The van der Waals surface area contributed by atoms with E-state index in [9.17, 15) is 14.7 Å². The van der Waals surface area contributed by atoms with Gasteiger partial charge in [0, 0.05) is 6.42 Å². The van der Waals surface area contributed by atoms with Gasteiger partial charge in [-0.15, -0.1) is 11.3 Å². The molecule has 110 valence electrons. The normalized spacial score (nSPS) is 11.9. The SMILES string of the molecule is Cc1csc(C(=O)NC(Cc2ccccc2)C(=O)O)c1Cl. The van der Waals surface area contributed by atoms with E-state index < -0.39 is 17.9 Å². The van der Waals surface area contributed by atoms with Crippen molar-refractivity contribution in [1.82, 2.24) is 5.32 Å². The molecule has 4 nitrogen and oxygen atoms in total. The molecule has 0 aliphatic carbocycles. The quantitative estimate of drug-likeness (QED) is 0.888. The first-order valence-electron chi connectivity index (χ1n) is 6.30. The van der Waals surface area contributed by atoms with Crippen LogP contribution in [0.25, 0.3) is 0 Å². The first kappa shape index (κ1) is 15.5. The molecule has 0 saturated heterocycles. The number of halogens is 1. The standard InChI is InChI=1S/C15H14ClNO3S/c1-9-8-21-13(12(9)16)14(18)17-11(15(19)20)7-10-5-3-2-4-6-10/h2-6,8,11H,7H2,1H3,(H,17,18)(H,19,20). The Bertz CT molecular complexity index is 654. The van der Waals surface area contributed by atoms with Gasteiger partial charge in [-0.25, -0.2) is 4.79 Å². The Balaban J connectivity index is 2.11. The Hall–Kier alpha value is -1.85. The van der Waals surface area contributed by atoms with Gasteiger partial charge in [0.15, 0.2) is 0 Å². The third-order valence-electron chi connectivity index (χ3n) is 2.99. The third-order valence-corrected chi connectivity index (χ3v) is 4.69. The molecule has 0 saturated carbocycles. The number of carboxylic acids is 1. The molecule has 1 amide bonds. The summed E-state index contributed by atoms with van der Waals surface area (Å²) in [6, 6.07) is 8.17. The van der Waals surface area contributed by atoms with Gasteiger partial charge in [0.2, 0.25) is 0 Å². The summed E-state index contributed by atoms with van der Waals surface area (Å²) in [5.41, 5.74) is 1.65. The number of hydrogen-bond acceptors (Lipinski definition) is 3. The molecule has 1 aromatic carbocycles. The Kier molecular flexibility index (Phi) is 4.98.